The van der Waals surface area contributed by atoms with Gasteiger partial charge in [-0.25, -0.2) is 9.78 Å². The van der Waals surface area contributed by atoms with Crippen LogP contribution in [-0.2, 0) is 10.9 Å². The van der Waals surface area contributed by atoms with E-state index in [1.54, 1.807) is 23.1 Å². The second-order valence-corrected chi connectivity index (χ2v) is 12.6. The number of H-pyrrole nitrogens is 1. The van der Waals surface area contributed by atoms with E-state index in [0.717, 1.165) is 52.1 Å². The highest BCUT2D eigenvalue weighted by atomic mass is 32.2. The zero-order chi connectivity index (χ0) is 27.4. The molecule has 12 heteroatoms. The Kier molecular flexibility index (Phi) is 8.92. The van der Waals surface area contributed by atoms with Crippen molar-refractivity contribution in [3.8, 4) is 10.4 Å². The van der Waals surface area contributed by atoms with Gasteiger partial charge in [0.1, 0.15) is 5.69 Å². The van der Waals surface area contributed by atoms with Gasteiger partial charge in [-0.15, -0.1) is 23.1 Å². The average Bonchev–Trinajstić information content (AvgIpc) is 3.49. The molecule has 1 fully saturated rings. The van der Waals surface area contributed by atoms with Crippen LogP contribution >= 0.6 is 23.1 Å². The predicted molar refractivity (Wildman–Crippen MR) is 145 cm³/mol. The van der Waals surface area contributed by atoms with Crippen molar-refractivity contribution >= 4 is 40.7 Å². The van der Waals surface area contributed by atoms with Crippen molar-refractivity contribution in [2.75, 3.05) is 5.32 Å². The van der Waals surface area contributed by atoms with Gasteiger partial charge in [-0.1, -0.05) is 19.9 Å². The summed E-state index contributed by atoms with van der Waals surface area (Å²) in [6.45, 7) is 7.86. The third-order valence-corrected chi connectivity index (χ3v) is 8.29. The van der Waals surface area contributed by atoms with Crippen molar-refractivity contribution in [3.63, 3.8) is 0 Å². The summed E-state index contributed by atoms with van der Waals surface area (Å²) in [5.41, 5.74) is 0.803. The second kappa shape index (κ2) is 12.0. The van der Waals surface area contributed by atoms with Gasteiger partial charge in [0.25, 0.3) is 0 Å². The van der Waals surface area contributed by atoms with Crippen molar-refractivity contribution < 1.29 is 22.7 Å². The predicted octanol–water partition coefficient (Wildman–Crippen LogP) is 7.96. The number of nitrogens with one attached hydrogen (secondary N) is 3. The van der Waals surface area contributed by atoms with Crippen LogP contribution in [0.25, 0.3) is 10.4 Å². The number of alkyl carbamates (subject to hydrolysis) is 1. The Labute approximate surface area is 228 Å². The lowest BCUT2D eigenvalue weighted by Gasteiger charge is -2.28. The summed E-state index contributed by atoms with van der Waals surface area (Å²) in [6.07, 6.45) is 0.571. The highest BCUT2D eigenvalue weighted by Gasteiger charge is 2.33. The molecule has 2 aromatic heterocycles. The molecule has 1 amide bonds. The number of thiazole rings is 1. The fourth-order valence-electron chi connectivity index (χ4n) is 4.33. The van der Waals surface area contributed by atoms with Crippen LogP contribution in [0.2, 0.25) is 0 Å². The number of rotatable bonds is 8. The third kappa shape index (κ3) is 7.43. The lowest BCUT2D eigenvalue weighted by molar-refractivity contribution is -0.141. The number of ether oxygens (including phenoxy) is 1. The van der Waals surface area contributed by atoms with Gasteiger partial charge in [-0.05, 0) is 51.7 Å². The molecule has 7 nitrogen and oxygen atoms in total. The molecule has 0 aliphatic heterocycles. The molecule has 38 heavy (non-hydrogen) atoms. The van der Waals surface area contributed by atoms with Crippen molar-refractivity contribution in [3.05, 3.63) is 41.2 Å². The molecular weight excluding hydrogens is 535 g/mol. The number of thioether (sulfide) groups is 1. The fourth-order valence-corrected chi connectivity index (χ4v) is 6.53. The number of aromatic nitrogens is 3. The number of amides is 1. The highest BCUT2D eigenvalue weighted by Crippen LogP contribution is 2.42. The SMILES string of the molecule is CC(C)OC(=O)NC1CCC(c2ncc(-c3ccc(Nc4cc(C(F)(F)F)[nH]n4)cc3SC(C)C)s2)CC1. The lowest BCUT2D eigenvalue weighted by atomic mass is 9.86. The maximum absolute atomic E-state index is 12.9. The fraction of sp³-hybridized carbons (Fsp3) is 0.500. The maximum Gasteiger partial charge on any atom is 0.432 e. The summed E-state index contributed by atoms with van der Waals surface area (Å²) in [6, 6.07) is 6.83. The normalized spacial score (nSPS) is 18.1. The van der Waals surface area contributed by atoms with E-state index >= 15 is 0 Å². The quantitative estimate of drug-likeness (QED) is 0.239. The van der Waals surface area contributed by atoms with E-state index in [4.69, 9.17) is 9.72 Å². The first-order valence-electron chi connectivity index (χ1n) is 12.6. The molecule has 0 spiro atoms. The van der Waals surface area contributed by atoms with Gasteiger partial charge >= 0.3 is 12.3 Å². The Morgan fingerprint density at radius 3 is 2.53 bits per heavy atom. The Bertz CT molecular complexity index is 1230. The summed E-state index contributed by atoms with van der Waals surface area (Å²) in [5.74, 6) is 0.450. The molecule has 1 aromatic carbocycles. The molecule has 1 saturated carbocycles. The Balaban J connectivity index is 1.45. The van der Waals surface area contributed by atoms with Gasteiger partial charge in [0.15, 0.2) is 5.82 Å². The number of carbonyl (C=O) groups excluding carboxylic acids is 1. The van der Waals surface area contributed by atoms with Gasteiger partial charge in [0, 0.05) is 45.6 Å². The molecule has 0 bridgehead atoms. The number of nitrogens with zero attached hydrogens (tertiary/aromatic N) is 2. The molecular formula is C26H32F3N5O2S2. The number of anilines is 2. The molecule has 1 aliphatic carbocycles. The van der Waals surface area contributed by atoms with E-state index in [9.17, 15) is 18.0 Å². The minimum Gasteiger partial charge on any atom is -0.447 e. The maximum atomic E-state index is 12.9. The molecule has 1 aliphatic rings. The van der Waals surface area contributed by atoms with Crippen LogP contribution < -0.4 is 10.6 Å². The minimum absolute atomic E-state index is 0.105. The number of carbonyl (C=O) groups is 1. The largest absolute Gasteiger partial charge is 0.447 e. The smallest absolute Gasteiger partial charge is 0.432 e. The van der Waals surface area contributed by atoms with Crippen LogP contribution in [0, 0.1) is 0 Å². The molecule has 0 atom stereocenters. The van der Waals surface area contributed by atoms with Gasteiger partial charge in [0.05, 0.1) is 16.0 Å². The monoisotopic (exact) mass is 567 g/mol. The number of benzene rings is 1. The summed E-state index contributed by atoms with van der Waals surface area (Å²) in [4.78, 5) is 18.7. The molecule has 3 aromatic rings. The van der Waals surface area contributed by atoms with Crippen LogP contribution in [0.1, 0.15) is 70.0 Å². The minimum atomic E-state index is -4.48. The van der Waals surface area contributed by atoms with E-state index in [2.05, 4.69) is 29.6 Å². The third-order valence-electron chi connectivity index (χ3n) is 6.03. The summed E-state index contributed by atoms with van der Waals surface area (Å²) < 4.78 is 43.9. The van der Waals surface area contributed by atoms with Crippen LogP contribution in [0.5, 0.6) is 0 Å². The number of halogens is 3. The zero-order valence-electron chi connectivity index (χ0n) is 21.7. The van der Waals surface area contributed by atoms with Crippen molar-refractivity contribution in [1.82, 2.24) is 20.5 Å². The summed E-state index contributed by atoms with van der Waals surface area (Å²) in [5, 5.41) is 13.1. The van der Waals surface area contributed by atoms with Crippen LogP contribution in [0.3, 0.4) is 0 Å². The summed E-state index contributed by atoms with van der Waals surface area (Å²) >= 11 is 3.36. The Hall–Kier alpha value is -2.73. The number of hydrogen-bond acceptors (Lipinski definition) is 7. The van der Waals surface area contributed by atoms with Gasteiger partial charge in [-0.3, -0.25) is 5.10 Å². The first-order chi connectivity index (χ1) is 18.0. The van der Waals surface area contributed by atoms with E-state index in [1.807, 2.05) is 43.3 Å². The molecule has 0 unspecified atom stereocenters. The van der Waals surface area contributed by atoms with Gasteiger partial charge < -0.3 is 15.4 Å². The van der Waals surface area contributed by atoms with Crippen LogP contribution in [0.4, 0.5) is 29.5 Å². The first-order valence-corrected chi connectivity index (χ1v) is 14.3. The molecule has 0 radical (unpaired) electrons. The molecule has 3 N–H and O–H groups in total. The van der Waals surface area contributed by atoms with Crippen molar-refractivity contribution in [2.24, 2.45) is 0 Å². The van der Waals surface area contributed by atoms with Crippen molar-refractivity contribution in [1.29, 1.82) is 0 Å². The van der Waals surface area contributed by atoms with E-state index in [1.165, 1.54) is 0 Å². The van der Waals surface area contributed by atoms with Crippen LogP contribution in [0.15, 0.2) is 35.4 Å². The zero-order valence-corrected chi connectivity index (χ0v) is 23.3. The summed E-state index contributed by atoms with van der Waals surface area (Å²) in [7, 11) is 0. The number of alkyl halides is 3. The Morgan fingerprint density at radius 1 is 1.16 bits per heavy atom. The average molecular weight is 568 g/mol. The number of aromatic amines is 1. The van der Waals surface area contributed by atoms with Gasteiger partial charge in [-0.2, -0.15) is 18.3 Å². The second-order valence-electron chi connectivity index (χ2n) is 9.88. The molecule has 206 valence electrons. The standard InChI is InChI=1S/C26H32F3N5O2S2/c1-14(2)36-25(35)32-17-7-5-16(6-8-17)24-30-13-21(38-24)19-10-9-18(11-20(19)37-15(3)4)31-23-12-22(33-34-23)26(27,28)29/h9-17H,5-8H2,1-4H3,(H,32,35)(H2,31,33,34). The molecule has 4 rings (SSSR count). The van der Waals surface area contributed by atoms with Gasteiger partial charge in [0.2, 0.25) is 0 Å². The molecule has 2 heterocycles. The lowest BCUT2D eigenvalue weighted by Crippen LogP contribution is -2.38. The molecule has 0 saturated heterocycles. The van der Waals surface area contributed by atoms with Crippen LogP contribution in [-0.4, -0.2) is 38.7 Å². The number of hydrogen-bond donors (Lipinski definition) is 3. The van der Waals surface area contributed by atoms with E-state index < -0.39 is 11.9 Å². The highest BCUT2D eigenvalue weighted by molar-refractivity contribution is 8.00. The van der Waals surface area contributed by atoms with E-state index in [0.29, 0.717) is 16.9 Å². The topological polar surface area (TPSA) is 91.9 Å². The van der Waals surface area contributed by atoms with Crippen molar-refractivity contribution in [2.45, 2.75) is 87.8 Å². The first kappa shape index (κ1) is 28.3. The van der Waals surface area contributed by atoms with E-state index in [-0.39, 0.29) is 24.1 Å². The Morgan fingerprint density at radius 2 is 1.89 bits per heavy atom.